The van der Waals surface area contributed by atoms with E-state index >= 15 is 0 Å². The van der Waals surface area contributed by atoms with E-state index in [2.05, 4.69) is 57.4 Å². The molecule has 33 heavy (non-hydrogen) atoms. The highest BCUT2D eigenvalue weighted by atomic mass is 16.6. The van der Waals surface area contributed by atoms with Crippen molar-refractivity contribution >= 4 is 5.97 Å². The molecule has 0 radical (unpaired) electrons. The molecule has 0 aliphatic rings. The summed E-state index contributed by atoms with van der Waals surface area (Å²) in [6.45, 7) is 6.12. The third-order valence-electron chi connectivity index (χ3n) is 5.95. The van der Waals surface area contributed by atoms with E-state index in [1.54, 1.807) is 0 Å². The largest absolute Gasteiger partial charge is 0.487 e. The van der Waals surface area contributed by atoms with Gasteiger partial charge in [0, 0.05) is 5.56 Å². The van der Waals surface area contributed by atoms with Gasteiger partial charge in [-0.1, -0.05) is 87.6 Å². The molecule has 0 N–H and O–H groups in total. The van der Waals surface area contributed by atoms with E-state index < -0.39 is 0 Å². The van der Waals surface area contributed by atoms with Crippen molar-refractivity contribution in [1.29, 1.82) is 0 Å². The van der Waals surface area contributed by atoms with Crippen LogP contribution < -0.4 is 4.74 Å². The van der Waals surface area contributed by atoms with Gasteiger partial charge in [0.2, 0.25) is 0 Å². The van der Waals surface area contributed by atoms with Crippen LogP contribution in [-0.4, -0.2) is 43.8 Å². The zero-order valence-corrected chi connectivity index (χ0v) is 21.2. The Balaban J connectivity index is 1.70. The third-order valence-corrected chi connectivity index (χ3v) is 5.95. The van der Waals surface area contributed by atoms with Gasteiger partial charge in [0.15, 0.2) is 0 Å². The van der Waals surface area contributed by atoms with Gasteiger partial charge >= 0.3 is 5.97 Å². The topological polar surface area (TPSA) is 35.5 Å². The van der Waals surface area contributed by atoms with Crippen molar-refractivity contribution in [3.63, 3.8) is 0 Å². The SMILES string of the molecule is CCCCCCCCc1ccccc1OC(C)COC(=O)CC[N+](C)(C)Cc1ccccc1. The van der Waals surface area contributed by atoms with Gasteiger partial charge in [-0.25, -0.2) is 0 Å². The first-order chi connectivity index (χ1) is 15.9. The summed E-state index contributed by atoms with van der Waals surface area (Å²) in [6.07, 6.45) is 8.97. The van der Waals surface area contributed by atoms with E-state index in [1.807, 2.05) is 25.1 Å². The minimum absolute atomic E-state index is 0.162. The average Bonchev–Trinajstić information content (AvgIpc) is 2.80. The Morgan fingerprint density at radius 1 is 0.909 bits per heavy atom. The molecule has 0 aliphatic carbocycles. The predicted molar refractivity (Wildman–Crippen MR) is 136 cm³/mol. The number of ether oxygens (including phenoxy) is 2. The molecule has 1 unspecified atom stereocenters. The van der Waals surface area contributed by atoms with Gasteiger partial charge < -0.3 is 14.0 Å². The van der Waals surface area contributed by atoms with Crippen molar-refractivity contribution in [2.75, 3.05) is 27.2 Å². The van der Waals surface area contributed by atoms with E-state index in [-0.39, 0.29) is 18.7 Å². The smallest absolute Gasteiger partial charge is 0.311 e. The van der Waals surface area contributed by atoms with Gasteiger partial charge in [0.05, 0.1) is 27.1 Å². The number of para-hydroxylation sites is 1. The molecule has 0 saturated heterocycles. The summed E-state index contributed by atoms with van der Waals surface area (Å²) in [7, 11) is 4.29. The molecule has 0 spiro atoms. The standard InChI is InChI=1S/C29H44NO3/c1-5-6-7-8-9-13-18-27-19-14-15-20-28(27)33-25(2)24-32-29(31)21-22-30(3,4)23-26-16-11-10-12-17-26/h10-12,14-17,19-20,25H,5-9,13,18,21-24H2,1-4H3/q+1. The normalized spacial score (nSPS) is 12.4. The summed E-state index contributed by atoms with van der Waals surface area (Å²) >= 11 is 0. The maximum absolute atomic E-state index is 12.3. The number of aryl methyl sites for hydroxylation is 1. The fraction of sp³-hybridized carbons (Fsp3) is 0.552. The van der Waals surface area contributed by atoms with Crippen LogP contribution in [0.15, 0.2) is 54.6 Å². The Hall–Kier alpha value is -2.33. The lowest BCUT2D eigenvalue weighted by Crippen LogP contribution is -2.40. The van der Waals surface area contributed by atoms with Crippen LogP contribution in [0.4, 0.5) is 0 Å². The van der Waals surface area contributed by atoms with Gasteiger partial charge in [-0.05, 0) is 31.4 Å². The zero-order valence-electron chi connectivity index (χ0n) is 21.2. The molecule has 2 aromatic carbocycles. The molecule has 4 heteroatoms. The van der Waals surface area contributed by atoms with Gasteiger partial charge in [-0.2, -0.15) is 0 Å². The zero-order chi connectivity index (χ0) is 23.9. The molecule has 0 amide bonds. The van der Waals surface area contributed by atoms with E-state index in [4.69, 9.17) is 9.47 Å². The Morgan fingerprint density at radius 3 is 2.33 bits per heavy atom. The predicted octanol–water partition coefficient (Wildman–Crippen LogP) is 6.57. The molecule has 2 rings (SSSR count). The molecule has 0 aliphatic heterocycles. The summed E-state index contributed by atoms with van der Waals surface area (Å²) in [5, 5.41) is 0. The molecule has 1 atom stereocenters. The first-order valence-electron chi connectivity index (χ1n) is 12.7. The second kappa shape index (κ2) is 14.7. The molecular weight excluding hydrogens is 410 g/mol. The van der Waals surface area contributed by atoms with Gasteiger partial charge in [0.25, 0.3) is 0 Å². The number of carbonyl (C=O) groups is 1. The first kappa shape index (κ1) is 26.9. The van der Waals surface area contributed by atoms with Crippen molar-refractivity contribution in [3.05, 3.63) is 65.7 Å². The monoisotopic (exact) mass is 454 g/mol. The van der Waals surface area contributed by atoms with Crippen molar-refractivity contribution in [2.45, 2.75) is 77.9 Å². The fourth-order valence-corrected chi connectivity index (χ4v) is 4.01. The molecular formula is C29H44NO3+. The Morgan fingerprint density at radius 2 is 1.58 bits per heavy atom. The van der Waals surface area contributed by atoms with Crippen LogP contribution in [0.25, 0.3) is 0 Å². The van der Waals surface area contributed by atoms with Crippen LogP contribution in [0.5, 0.6) is 5.75 Å². The molecule has 0 bridgehead atoms. The molecule has 182 valence electrons. The van der Waals surface area contributed by atoms with Crippen LogP contribution in [0.2, 0.25) is 0 Å². The lowest BCUT2D eigenvalue weighted by molar-refractivity contribution is -0.903. The van der Waals surface area contributed by atoms with Gasteiger partial charge in [0.1, 0.15) is 25.0 Å². The number of unbranched alkanes of at least 4 members (excludes halogenated alkanes) is 5. The first-order valence-corrected chi connectivity index (χ1v) is 12.7. The lowest BCUT2D eigenvalue weighted by atomic mass is 10.0. The summed E-state index contributed by atoms with van der Waals surface area (Å²) in [5.41, 5.74) is 2.52. The number of nitrogens with zero attached hydrogens (tertiary/aromatic N) is 1. The number of benzene rings is 2. The number of rotatable bonds is 16. The van der Waals surface area contributed by atoms with Crippen LogP contribution in [0, 0.1) is 0 Å². The van der Waals surface area contributed by atoms with Crippen molar-refractivity contribution in [1.82, 2.24) is 0 Å². The van der Waals surface area contributed by atoms with Crippen LogP contribution >= 0.6 is 0 Å². The van der Waals surface area contributed by atoms with Crippen LogP contribution in [-0.2, 0) is 22.5 Å². The van der Waals surface area contributed by atoms with E-state index in [9.17, 15) is 4.79 Å². The minimum atomic E-state index is -0.175. The molecule has 0 heterocycles. The highest BCUT2D eigenvalue weighted by Gasteiger charge is 2.19. The lowest BCUT2D eigenvalue weighted by Gasteiger charge is -2.29. The van der Waals surface area contributed by atoms with Gasteiger partial charge in [-0.15, -0.1) is 0 Å². The number of hydrogen-bond acceptors (Lipinski definition) is 3. The molecule has 0 aromatic heterocycles. The number of esters is 1. The summed E-state index contributed by atoms with van der Waals surface area (Å²) in [4.78, 5) is 12.3. The maximum atomic E-state index is 12.3. The van der Waals surface area contributed by atoms with Crippen LogP contribution in [0.1, 0.15) is 69.9 Å². The van der Waals surface area contributed by atoms with E-state index in [1.165, 1.54) is 49.7 Å². The number of carbonyl (C=O) groups excluding carboxylic acids is 1. The van der Waals surface area contributed by atoms with Crippen molar-refractivity contribution in [3.8, 4) is 5.75 Å². The Bertz CT molecular complexity index is 804. The quantitative estimate of drug-likeness (QED) is 0.163. The number of quaternary nitrogens is 1. The van der Waals surface area contributed by atoms with Crippen LogP contribution in [0.3, 0.4) is 0 Å². The Kier molecular flexibility index (Phi) is 12.0. The van der Waals surface area contributed by atoms with E-state index in [0.29, 0.717) is 6.42 Å². The average molecular weight is 455 g/mol. The highest BCUT2D eigenvalue weighted by molar-refractivity contribution is 5.69. The highest BCUT2D eigenvalue weighted by Crippen LogP contribution is 2.22. The number of hydrogen-bond donors (Lipinski definition) is 0. The van der Waals surface area contributed by atoms with Gasteiger partial charge in [-0.3, -0.25) is 4.79 Å². The van der Waals surface area contributed by atoms with E-state index in [0.717, 1.165) is 29.7 Å². The third kappa shape index (κ3) is 11.4. The Labute approximate surface area is 201 Å². The second-order valence-corrected chi connectivity index (χ2v) is 9.79. The minimum Gasteiger partial charge on any atom is -0.487 e. The van der Waals surface area contributed by atoms with Crippen molar-refractivity contribution in [2.24, 2.45) is 0 Å². The molecule has 0 fully saturated rings. The summed E-state index contributed by atoms with van der Waals surface area (Å²) < 4.78 is 12.4. The second-order valence-electron chi connectivity index (χ2n) is 9.79. The summed E-state index contributed by atoms with van der Waals surface area (Å²) in [6, 6.07) is 18.6. The molecule has 2 aromatic rings. The van der Waals surface area contributed by atoms with Crippen molar-refractivity contribution < 1.29 is 18.8 Å². The fourth-order valence-electron chi connectivity index (χ4n) is 4.01. The maximum Gasteiger partial charge on any atom is 0.311 e. The summed E-state index contributed by atoms with van der Waals surface area (Å²) in [5.74, 6) is 0.750. The molecule has 0 saturated carbocycles. The molecule has 4 nitrogen and oxygen atoms in total.